The fourth-order valence-electron chi connectivity index (χ4n) is 2.69. The fraction of sp³-hybridized carbons (Fsp3) is 0.158. The molecule has 0 aliphatic rings. The molecule has 0 amide bonds. The molecule has 4 aromatic rings. The Hall–Kier alpha value is -2.09. The van der Waals surface area contributed by atoms with Gasteiger partial charge in [0.2, 0.25) is 0 Å². The summed E-state index contributed by atoms with van der Waals surface area (Å²) in [6, 6.07) is 11.9. The van der Waals surface area contributed by atoms with E-state index in [-0.39, 0.29) is 10.8 Å². The second-order valence-electron chi connectivity index (χ2n) is 5.69. The lowest BCUT2D eigenvalue weighted by atomic mass is 10.2. The predicted octanol–water partition coefficient (Wildman–Crippen LogP) is 5.58. The maximum absolute atomic E-state index is 12.7. The third-order valence-electron chi connectivity index (χ3n) is 4.01. The number of hydrogen-bond acceptors (Lipinski definition) is 6. The van der Waals surface area contributed by atoms with E-state index in [0.29, 0.717) is 11.2 Å². The van der Waals surface area contributed by atoms with Gasteiger partial charge in [-0.15, -0.1) is 34.4 Å². The van der Waals surface area contributed by atoms with Gasteiger partial charge in [0.1, 0.15) is 16.4 Å². The topological polar surface area (TPSA) is 55.0 Å². The lowest BCUT2D eigenvalue weighted by molar-refractivity contribution is 0.414. The quantitative estimate of drug-likeness (QED) is 0.445. The maximum atomic E-state index is 12.7. The van der Waals surface area contributed by atoms with Crippen molar-refractivity contribution in [3.63, 3.8) is 0 Å². The smallest absolute Gasteiger partial charge is 0.260 e. The first-order valence-electron chi connectivity index (χ1n) is 8.01. The Morgan fingerprint density at radius 1 is 1.19 bits per heavy atom. The zero-order valence-corrected chi connectivity index (χ0v) is 16.6. The van der Waals surface area contributed by atoms with Gasteiger partial charge >= 0.3 is 0 Å². The summed E-state index contributed by atoms with van der Waals surface area (Å²) in [5.41, 5.74) is 0.896. The molecule has 1 N–H and O–H groups in total. The summed E-state index contributed by atoms with van der Waals surface area (Å²) >= 11 is 4.81. The van der Waals surface area contributed by atoms with Gasteiger partial charge in [0, 0.05) is 20.7 Å². The van der Waals surface area contributed by atoms with Crippen LogP contribution in [0.15, 0.2) is 56.8 Å². The van der Waals surface area contributed by atoms with E-state index in [1.807, 2.05) is 54.1 Å². The number of aromatic nitrogens is 2. The number of thioether (sulfide) groups is 1. The van der Waals surface area contributed by atoms with Crippen molar-refractivity contribution >= 4 is 44.7 Å². The van der Waals surface area contributed by atoms with Crippen LogP contribution in [-0.2, 0) is 0 Å². The van der Waals surface area contributed by atoms with Crippen LogP contribution in [0, 0.1) is 0 Å². The van der Waals surface area contributed by atoms with Crippen molar-refractivity contribution in [2.24, 2.45) is 0 Å². The van der Waals surface area contributed by atoms with Crippen LogP contribution in [0.4, 0.5) is 0 Å². The van der Waals surface area contributed by atoms with E-state index in [2.05, 4.69) is 4.98 Å². The van der Waals surface area contributed by atoms with Crippen molar-refractivity contribution in [3.05, 3.63) is 63.3 Å². The molecule has 0 spiro atoms. The second kappa shape index (κ2) is 7.26. The highest BCUT2D eigenvalue weighted by molar-refractivity contribution is 7.99. The van der Waals surface area contributed by atoms with Gasteiger partial charge in [-0.3, -0.25) is 4.79 Å². The van der Waals surface area contributed by atoms with E-state index in [1.165, 1.54) is 11.3 Å². The molecule has 4 nitrogen and oxygen atoms in total. The van der Waals surface area contributed by atoms with Crippen molar-refractivity contribution in [2.75, 3.05) is 7.11 Å². The molecule has 0 radical (unpaired) electrons. The van der Waals surface area contributed by atoms with Crippen molar-refractivity contribution < 1.29 is 4.74 Å². The third kappa shape index (κ3) is 3.30. The number of benzene rings is 1. The van der Waals surface area contributed by atoms with E-state index in [1.54, 1.807) is 30.2 Å². The summed E-state index contributed by atoms with van der Waals surface area (Å²) in [6.45, 7) is 2.05. The Balaban J connectivity index is 1.65. The SMILES string of the molecule is COc1ccc(S[C@@H](C)c2nc3scc(-c4cccs4)c3c(=O)[nH]2)cc1. The summed E-state index contributed by atoms with van der Waals surface area (Å²) in [6.07, 6.45) is 0. The minimum Gasteiger partial charge on any atom is -0.497 e. The van der Waals surface area contributed by atoms with E-state index in [4.69, 9.17) is 9.72 Å². The number of thiophene rings is 2. The lowest BCUT2D eigenvalue weighted by Gasteiger charge is -2.11. The number of nitrogens with one attached hydrogen (secondary N) is 1. The average Bonchev–Trinajstić information content (AvgIpc) is 3.31. The molecule has 26 heavy (non-hydrogen) atoms. The summed E-state index contributed by atoms with van der Waals surface area (Å²) in [5.74, 6) is 1.53. The summed E-state index contributed by atoms with van der Waals surface area (Å²) in [5, 5.41) is 4.75. The molecule has 4 rings (SSSR count). The Kier molecular flexibility index (Phi) is 4.84. The highest BCUT2D eigenvalue weighted by atomic mass is 32.2. The van der Waals surface area contributed by atoms with Crippen LogP contribution in [0.25, 0.3) is 20.7 Å². The van der Waals surface area contributed by atoms with Gasteiger partial charge in [0.25, 0.3) is 5.56 Å². The highest BCUT2D eigenvalue weighted by Gasteiger charge is 2.17. The molecule has 0 unspecified atom stereocenters. The molecule has 7 heteroatoms. The van der Waals surface area contributed by atoms with Gasteiger partial charge in [-0.25, -0.2) is 4.98 Å². The van der Waals surface area contributed by atoms with E-state index >= 15 is 0 Å². The number of fused-ring (bicyclic) bond motifs is 1. The molecule has 132 valence electrons. The lowest BCUT2D eigenvalue weighted by Crippen LogP contribution is -2.12. The predicted molar refractivity (Wildman–Crippen MR) is 111 cm³/mol. The highest BCUT2D eigenvalue weighted by Crippen LogP contribution is 2.36. The monoisotopic (exact) mass is 400 g/mol. The molecular formula is C19H16N2O2S3. The number of ether oxygens (including phenoxy) is 1. The number of H-pyrrole nitrogens is 1. The van der Waals surface area contributed by atoms with Crippen molar-refractivity contribution in [1.29, 1.82) is 0 Å². The maximum Gasteiger partial charge on any atom is 0.260 e. The van der Waals surface area contributed by atoms with Gasteiger partial charge in [0.05, 0.1) is 17.7 Å². The number of rotatable bonds is 5. The zero-order valence-electron chi connectivity index (χ0n) is 14.2. The first-order chi connectivity index (χ1) is 12.7. The zero-order chi connectivity index (χ0) is 18.1. The Morgan fingerprint density at radius 3 is 2.69 bits per heavy atom. The van der Waals surface area contributed by atoms with Gasteiger partial charge in [0.15, 0.2) is 0 Å². The van der Waals surface area contributed by atoms with Gasteiger partial charge in [-0.05, 0) is 42.6 Å². The van der Waals surface area contributed by atoms with E-state index in [0.717, 1.165) is 25.9 Å². The van der Waals surface area contributed by atoms with Crippen LogP contribution in [0.1, 0.15) is 18.0 Å². The molecule has 3 heterocycles. The molecule has 0 fully saturated rings. The Morgan fingerprint density at radius 2 is 2.00 bits per heavy atom. The minimum absolute atomic E-state index is 0.0350. The number of hydrogen-bond donors (Lipinski definition) is 1. The summed E-state index contributed by atoms with van der Waals surface area (Å²) < 4.78 is 5.19. The van der Waals surface area contributed by atoms with Gasteiger partial charge in [-0.1, -0.05) is 6.07 Å². The molecule has 1 aromatic carbocycles. The minimum atomic E-state index is -0.0724. The molecule has 1 atom stereocenters. The number of aromatic amines is 1. The molecule has 0 saturated heterocycles. The van der Waals surface area contributed by atoms with Crippen LogP contribution in [-0.4, -0.2) is 17.1 Å². The first kappa shape index (κ1) is 17.3. The molecule has 0 aliphatic carbocycles. The number of nitrogens with zero attached hydrogens (tertiary/aromatic N) is 1. The first-order valence-corrected chi connectivity index (χ1v) is 10.7. The molecule has 0 saturated carbocycles. The normalized spacial score (nSPS) is 12.4. The van der Waals surface area contributed by atoms with Crippen LogP contribution in [0.2, 0.25) is 0 Å². The molecule has 0 aliphatic heterocycles. The van der Waals surface area contributed by atoms with Crippen LogP contribution >= 0.6 is 34.4 Å². The van der Waals surface area contributed by atoms with E-state index < -0.39 is 0 Å². The van der Waals surface area contributed by atoms with E-state index in [9.17, 15) is 4.79 Å². The van der Waals surface area contributed by atoms with Crippen molar-refractivity contribution in [3.8, 4) is 16.2 Å². The second-order valence-corrected chi connectivity index (χ2v) is 8.91. The largest absolute Gasteiger partial charge is 0.497 e. The Labute approximate surface area is 162 Å². The molecular weight excluding hydrogens is 384 g/mol. The average molecular weight is 401 g/mol. The Bertz CT molecular complexity index is 1080. The standard InChI is InChI=1S/C19H16N2O2S3/c1-11(26-13-7-5-12(23-2)6-8-13)17-20-18(22)16-14(10-25-19(16)21-17)15-4-3-9-24-15/h3-11H,1-2H3,(H,20,21,22)/t11-/m0/s1. The third-order valence-corrected chi connectivity index (χ3v) is 6.90. The van der Waals surface area contributed by atoms with Gasteiger partial charge < -0.3 is 9.72 Å². The van der Waals surface area contributed by atoms with Crippen LogP contribution in [0.3, 0.4) is 0 Å². The van der Waals surface area contributed by atoms with Crippen molar-refractivity contribution in [2.45, 2.75) is 17.1 Å². The fourth-order valence-corrected chi connectivity index (χ4v) is 5.38. The summed E-state index contributed by atoms with van der Waals surface area (Å²) in [7, 11) is 1.65. The molecule has 0 bridgehead atoms. The summed E-state index contributed by atoms with van der Waals surface area (Å²) in [4.78, 5) is 23.4. The number of methoxy groups -OCH3 is 1. The molecule has 3 aromatic heterocycles. The van der Waals surface area contributed by atoms with Crippen LogP contribution in [0.5, 0.6) is 5.75 Å². The van der Waals surface area contributed by atoms with Crippen LogP contribution < -0.4 is 10.3 Å². The van der Waals surface area contributed by atoms with Crippen molar-refractivity contribution in [1.82, 2.24) is 9.97 Å². The van der Waals surface area contributed by atoms with Gasteiger partial charge in [-0.2, -0.15) is 0 Å².